The van der Waals surface area contributed by atoms with E-state index in [1.807, 2.05) is 30.3 Å². The first-order chi connectivity index (χ1) is 11.8. The van der Waals surface area contributed by atoms with E-state index in [9.17, 15) is 4.79 Å². The number of furan rings is 1. The van der Waals surface area contributed by atoms with Gasteiger partial charge in [0.2, 0.25) is 5.91 Å². The molecule has 1 aromatic carbocycles. The molecule has 1 amide bonds. The minimum absolute atomic E-state index is 0.310. The number of hydrogen-bond acceptors (Lipinski definition) is 4. The summed E-state index contributed by atoms with van der Waals surface area (Å²) < 4.78 is 10.9. The molecule has 0 aliphatic heterocycles. The summed E-state index contributed by atoms with van der Waals surface area (Å²) >= 11 is 0. The molecular weight excluding hydrogens is 304 g/mol. The zero-order valence-electron chi connectivity index (χ0n) is 12.9. The van der Waals surface area contributed by atoms with Crippen molar-refractivity contribution in [1.82, 2.24) is 4.98 Å². The third kappa shape index (κ3) is 4.33. The van der Waals surface area contributed by atoms with Crippen molar-refractivity contribution < 1.29 is 13.9 Å². The highest BCUT2D eigenvalue weighted by Gasteiger charge is 2.07. The molecule has 0 radical (unpaired) electrons. The SMILES string of the molecule is O=C(/C=C/c1ccco1)Nc1ncccc1OCc1ccccc1. The molecule has 0 spiro atoms. The molecular formula is C19H16N2O3. The molecule has 120 valence electrons. The minimum atomic E-state index is -0.310. The second-order valence-electron chi connectivity index (χ2n) is 4.96. The average molecular weight is 320 g/mol. The molecule has 0 saturated heterocycles. The number of anilines is 1. The summed E-state index contributed by atoms with van der Waals surface area (Å²) in [4.78, 5) is 16.2. The Labute approximate surface area is 139 Å². The normalized spacial score (nSPS) is 10.7. The van der Waals surface area contributed by atoms with E-state index < -0.39 is 0 Å². The summed E-state index contributed by atoms with van der Waals surface area (Å²) in [6, 6.07) is 16.8. The van der Waals surface area contributed by atoms with E-state index in [0.29, 0.717) is 23.9 Å². The Kier molecular flexibility index (Phi) is 5.04. The van der Waals surface area contributed by atoms with Gasteiger partial charge in [0, 0.05) is 12.3 Å². The van der Waals surface area contributed by atoms with Gasteiger partial charge in [0.1, 0.15) is 12.4 Å². The maximum Gasteiger partial charge on any atom is 0.249 e. The fraction of sp³-hybridized carbons (Fsp3) is 0.0526. The maximum atomic E-state index is 12.0. The van der Waals surface area contributed by atoms with E-state index in [-0.39, 0.29) is 5.91 Å². The molecule has 2 aromatic heterocycles. The second kappa shape index (κ2) is 7.78. The zero-order valence-corrected chi connectivity index (χ0v) is 12.9. The molecule has 0 aliphatic rings. The van der Waals surface area contributed by atoms with Crippen LogP contribution in [0.3, 0.4) is 0 Å². The molecule has 0 fully saturated rings. The highest BCUT2D eigenvalue weighted by molar-refractivity contribution is 6.01. The van der Waals surface area contributed by atoms with Crippen LogP contribution in [0, 0.1) is 0 Å². The molecule has 0 unspecified atom stereocenters. The molecule has 0 atom stereocenters. The third-order valence-electron chi connectivity index (χ3n) is 3.19. The molecule has 5 heteroatoms. The Hall–Kier alpha value is -3.34. The Bertz CT molecular complexity index is 812. The molecule has 5 nitrogen and oxygen atoms in total. The highest BCUT2D eigenvalue weighted by Crippen LogP contribution is 2.22. The zero-order chi connectivity index (χ0) is 16.6. The van der Waals surface area contributed by atoms with Gasteiger partial charge in [0.15, 0.2) is 11.6 Å². The van der Waals surface area contributed by atoms with E-state index in [4.69, 9.17) is 9.15 Å². The summed E-state index contributed by atoms with van der Waals surface area (Å²) in [5.74, 6) is 1.19. The van der Waals surface area contributed by atoms with Gasteiger partial charge in [-0.15, -0.1) is 0 Å². The van der Waals surface area contributed by atoms with E-state index in [2.05, 4.69) is 10.3 Å². The monoisotopic (exact) mass is 320 g/mol. The Morgan fingerprint density at radius 2 is 2.00 bits per heavy atom. The van der Waals surface area contributed by atoms with Crippen LogP contribution in [-0.4, -0.2) is 10.9 Å². The van der Waals surface area contributed by atoms with Gasteiger partial charge in [-0.1, -0.05) is 30.3 Å². The van der Waals surface area contributed by atoms with Crippen LogP contribution in [0.25, 0.3) is 6.08 Å². The van der Waals surface area contributed by atoms with Crippen molar-refractivity contribution in [2.75, 3.05) is 5.32 Å². The summed E-state index contributed by atoms with van der Waals surface area (Å²) in [5.41, 5.74) is 1.04. The quantitative estimate of drug-likeness (QED) is 0.700. The van der Waals surface area contributed by atoms with E-state index >= 15 is 0 Å². The molecule has 0 aliphatic carbocycles. The molecule has 1 N–H and O–H groups in total. The van der Waals surface area contributed by atoms with Crippen LogP contribution in [0.5, 0.6) is 5.75 Å². The van der Waals surface area contributed by atoms with E-state index in [1.165, 1.54) is 6.08 Å². The number of pyridine rings is 1. The number of nitrogens with zero attached hydrogens (tertiary/aromatic N) is 1. The van der Waals surface area contributed by atoms with E-state index in [0.717, 1.165) is 5.56 Å². The van der Waals surface area contributed by atoms with Gasteiger partial charge in [0.25, 0.3) is 0 Å². The molecule has 3 rings (SSSR count). The Morgan fingerprint density at radius 1 is 1.12 bits per heavy atom. The number of benzene rings is 1. The smallest absolute Gasteiger partial charge is 0.249 e. The molecule has 2 heterocycles. The van der Waals surface area contributed by atoms with Crippen molar-refractivity contribution in [2.45, 2.75) is 6.61 Å². The number of aromatic nitrogens is 1. The molecule has 3 aromatic rings. The topological polar surface area (TPSA) is 64.4 Å². The van der Waals surface area contributed by atoms with Crippen LogP contribution in [-0.2, 0) is 11.4 Å². The lowest BCUT2D eigenvalue weighted by atomic mass is 10.2. The molecule has 24 heavy (non-hydrogen) atoms. The molecule has 0 saturated carbocycles. The van der Waals surface area contributed by atoms with Crippen LogP contribution >= 0.6 is 0 Å². The third-order valence-corrected chi connectivity index (χ3v) is 3.19. The standard InChI is InChI=1S/C19H16N2O3/c22-18(11-10-16-8-5-13-23-16)21-19-17(9-4-12-20-19)24-14-15-6-2-1-3-7-15/h1-13H,14H2,(H,20,21,22)/b11-10+. The number of rotatable bonds is 6. The van der Waals surface area contributed by atoms with Crippen LogP contribution in [0.4, 0.5) is 5.82 Å². The van der Waals surface area contributed by atoms with E-state index in [1.54, 1.807) is 42.8 Å². The molecule has 0 bridgehead atoms. The lowest BCUT2D eigenvalue weighted by Crippen LogP contribution is -2.10. The number of carbonyl (C=O) groups excluding carboxylic acids is 1. The number of hydrogen-bond donors (Lipinski definition) is 1. The lowest BCUT2D eigenvalue weighted by molar-refractivity contribution is -0.111. The number of ether oxygens (including phenoxy) is 1. The fourth-order valence-corrected chi connectivity index (χ4v) is 2.04. The predicted octanol–water partition coefficient (Wildman–Crippen LogP) is 3.91. The predicted molar refractivity (Wildman–Crippen MR) is 91.4 cm³/mol. The van der Waals surface area contributed by atoms with Crippen LogP contribution in [0.1, 0.15) is 11.3 Å². The first kappa shape index (κ1) is 15.6. The highest BCUT2D eigenvalue weighted by atomic mass is 16.5. The summed E-state index contributed by atoms with van der Waals surface area (Å²) in [6.45, 7) is 0.400. The average Bonchev–Trinajstić information content (AvgIpc) is 3.14. The minimum Gasteiger partial charge on any atom is -0.485 e. The van der Waals surface area contributed by atoms with Crippen LogP contribution in [0.15, 0.2) is 77.6 Å². The van der Waals surface area contributed by atoms with Crippen LogP contribution < -0.4 is 10.1 Å². The Morgan fingerprint density at radius 3 is 2.79 bits per heavy atom. The van der Waals surface area contributed by atoms with Crippen molar-refractivity contribution in [3.05, 3.63) is 84.5 Å². The van der Waals surface area contributed by atoms with Gasteiger partial charge < -0.3 is 14.5 Å². The van der Waals surface area contributed by atoms with Gasteiger partial charge >= 0.3 is 0 Å². The van der Waals surface area contributed by atoms with Crippen molar-refractivity contribution in [3.8, 4) is 5.75 Å². The maximum absolute atomic E-state index is 12.0. The van der Waals surface area contributed by atoms with Crippen LogP contribution in [0.2, 0.25) is 0 Å². The van der Waals surface area contributed by atoms with Gasteiger partial charge in [-0.05, 0) is 35.9 Å². The van der Waals surface area contributed by atoms with Crippen molar-refractivity contribution in [1.29, 1.82) is 0 Å². The van der Waals surface area contributed by atoms with Gasteiger partial charge in [-0.2, -0.15) is 0 Å². The van der Waals surface area contributed by atoms with Gasteiger partial charge in [-0.25, -0.2) is 4.98 Å². The van der Waals surface area contributed by atoms with Crippen molar-refractivity contribution >= 4 is 17.8 Å². The second-order valence-corrected chi connectivity index (χ2v) is 4.96. The first-order valence-electron chi connectivity index (χ1n) is 7.45. The number of nitrogens with one attached hydrogen (secondary N) is 1. The first-order valence-corrected chi connectivity index (χ1v) is 7.45. The van der Waals surface area contributed by atoms with Gasteiger partial charge in [0.05, 0.1) is 6.26 Å². The summed E-state index contributed by atoms with van der Waals surface area (Å²) in [7, 11) is 0. The number of carbonyl (C=O) groups is 1. The van der Waals surface area contributed by atoms with Gasteiger partial charge in [-0.3, -0.25) is 4.79 Å². The summed E-state index contributed by atoms with van der Waals surface area (Å²) in [6.07, 6.45) is 6.12. The fourth-order valence-electron chi connectivity index (χ4n) is 2.04. The van der Waals surface area contributed by atoms with Crippen molar-refractivity contribution in [2.24, 2.45) is 0 Å². The Balaban J connectivity index is 1.64. The largest absolute Gasteiger partial charge is 0.485 e. The summed E-state index contributed by atoms with van der Waals surface area (Å²) in [5, 5.41) is 2.71. The lowest BCUT2D eigenvalue weighted by Gasteiger charge is -2.10. The van der Waals surface area contributed by atoms with Crippen molar-refractivity contribution in [3.63, 3.8) is 0 Å². The number of amides is 1.